The molecule has 4 aliphatic carbocycles. The van der Waals surface area contributed by atoms with Crippen LogP contribution in [0.1, 0.15) is 78.6 Å². The Balaban J connectivity index is 1.62. The minimum absolute atomic E-state index is 0.0260. The smallest absolute Gasteiger partial charge is 0.303 e. The average Bonchev–Trinajstić information content (AvgIpc) is 3.01. The van der Waals surface area contributed by atoms with Crippen LogP contribution in [0.2, 0.25) is 0 Å². The highest BCUT2D eigenvalue weighted by atomic mass is 16.4. The van der Waals surface area contributed by atoms with Crippen molar-refractivity contribution in [2.45, 2.75) is 84.7 Å². The van der Waals surface area contributed by atoms with Gasteiger partial charge >= 0.3 is 5.97 Å². The highest BCUT2D eigenvalue weighted by molar-refractivity contribution is 5.92. The van der Waals surface area contributed by atoms with Crippen molar-refractivity contribution < 1.29 is 24.6 Å². The number of ketones is 2. The summed E-state index contributed by atoms with van der Waals surface area (Å²) in [5.41, 5.74) is -0.520. The summed E-state index contributed by atoms with van der Waals surface area (Å²) in [6.45, 7) is 6.44. The second kappa shape index (κ2) is 7.18. The minimum Gasteiger partial charge on any atom is -0.481 e. The molecule has 0 unspecified atom stereocenters. The number of aliphatic hydroxyl groups excluding tert-OH is 1. The van der Waals surface area contributed by atoms with Gasteiger partial charge in [-0.2, -0.15) is 0 Å². The van der Waals surface area contributed by atoms with Gasteiger partial charge in [-0.15, -0.1) is 0 Å². The first-order valence-electron chi connectivity index (χ1n) is 11.5. The average molecular weight is 405 g/mol. The third-order valence-corrected chi connectivity index (χ3v) is 9.87. The lowest BCUT2D eigenvalue weighted by Crippen LogP contribution is -2.60. The zero-order valence-electron chi connectivity index (χ0n) is 18.0. The van der Waals surface area contributed by atoms with Gasteiger partial charge in [0.1, 0.15) is 11.6 Å². The van der Waals surface area contributed by atoms with Gasteiger partial charge in [0.15, 0.2) is 0 Å². The van der Waals surface area contributed by atoms with E-state index in [1.165, 1.54) is 0 Å². The van der Waals surface area contributed by atoms with E-state index in [-0.39, 0.29) is 53.4 Å². The van der Waals surface area contributed by atoms with E-state index in [1.807, 2.05) is 0 Å². The summed E-state index contributed by atoms with van der Waals surface area (Å²) in [5.74, 6) is 0.550. The van der Waals surface area contributed by atoms with Crippen LogP contribution < -0.4 is 0 Å². The molecule has 4 saturated carbocycles. The van der Waals surface area contributed by atoms with Crippen LogP contribution in [0.4, 0.5) is 0 Å². The van der Waals surface area contributed by atoms with Gasteiger partial charge in [0.2, 0.25) is 0 Å². The molecule has 0 bridgehead atoms. The number of hydrogen-bond acceptors (Lipinski definition) is 4. The maximum atomic E-state index is 13.6. The number of carbonyl (C=O) groups is 3. The maximum absolute atomic E-state index is 13.6. The first-order valence-corrected chi connectivity index (χ1v) is 11.5. The van der Waals surface area contributed by atoms with Crippen molar-refractivity contribution in [3.8, 4) is 0 Å². The topological polar surface area (TPSA) is 91.7 Å². The number of carbonyl (C=O) groups excluding carboxylic acids is 2. The van der Waals surface area contributed by atoms with Gasteiger partial charge in [0.05, 0.1) is 6.10 Å². The van der Waals surface area contributed by atoms with Crippen molar-refractivity contribution in [3.05, 3.63) is 0 Å². The monoisotopic (exact) mass is 404 g/mol. The number of Topliss-reactive ketones (excluding diaryl/α,β-unsaturated/α-hetero) is 2. The summed E-state index contributed by atoms with van der Waals surface area (Å²) in [6.07, 6.45) is 5.64. The number of aliphatic hydroxyl groups is 1. The lowest BCUT2D eigenvalue weighted by atomic mass is 9.43. The van der Waals surface area contributed by atoms with Crippen molar-refractivity contribution in [1.82, 2.24) is 0 Å². The van der Waals surface area contributed by atoms with E-state index in [4.69, 9.17) is 5.11 Å². The van der Waals surface area contributed by atoms with E-state index in [0.29, 0.717) is 37.2 Å². The fraction of sp³-hybridized carbons (Fsp3) is 0.875. The first-order chi connectivity index (χ1) is 13.6. The van der Waals surface area contributed by atoms with Crippen LogP contribution in [-0.2, 0) is 14.4 Å². The fourth-order valence-corrected chi connectivity index (χ4v) is 8.13. The molecule has 0 spiro atoms. The molecule has 0 saturated heterocycles. The molecule has 0 radical (unpaired) electrons. The fourth-order valence-electron chi connectivity index (χ4n) is 8.13. The molecule has 0 heterocycles. The molecule has 0 amide bonds. The number of aliphatic carboxylic acids is 1. The van der Waals surface area contributed by atoms with E-state index in [1.54, 1.807) is 0 Å². The molecule has 4 fully saturated rings. The van der Waals surface area contributed by atoms with Gasteiger partial charge < -0.3 is 10.2 Å². The molecule has 0 aromatic rings. The van der Waals surface area contributed by atoms with Gasteiger partial charge in [0.25, 0.3) is 0 Å². The van der Waals surface area contributed by atoms with Crippen molar-refractivity contribution >= 4 is 17.5 Å². The SMILES string of the molecule is C[C@H](CCC(=O)O)[C@H]1CC[C@H]2[C@@H]3C(=O)C[C@H]4C[C@@H](O)CC[C@]4(C)[C@H]3CC(=O)[C@]12C. The first kappa shape index (κ1) is 21.0. The number of carboxylic acids is 1. The minimum atomic E-state index is -0.785. The van der Waals surface area contributed by atoms with Gasteiger partial charge in [-0.05, 0) is 73.5 Å². The van der Waals surface area contributed by atoms with Crippen molar-refractivity contribution in [1.29, 1.82) is 0 Å². The van der Waals surface area contributed by atoms with E-state index in [0.717, 1.165) is 25.7 Å². The standard InChI is InChI=1S/C24H36O5/c1-13(4-7-21(28)29)16-5-6-17-22-18(12-20(27)24(16,17)3)23(2)9-8-15(25)10-14(23)11-19(22)26/h13-18,22,25H,4-12H2,1-3H3,(H,28,29)/t13-,14-,15+,16-,17+,18+,22+,23+,24-/m1/s1. The Labute approximate surface area is 173 Å². The molecule has 9 atom stereocenters. The van der Waals surface area contributed by atoms with E-state index in [2.05, 4.69) is 20.8 Å². The molecule has 0 aliphatic heterocycles. The largest absolute Gasteiger partial charge is 0.481 e. The lowest BCUT2D eigenvalue weighted by molar-refractivity contribution is -0.168. The van der Waals surface area contributed by atoms with Gasteiger partial charge in [-0.3, -0.25) is 14.4 Å². The lowest BCUT2D eigenvalue weighted by Gasteiger charge is -2.59. The third kappa shape index (κ3) is 3.10. The number of hydrogen-bond donors (Lipinski definition) is 2. The van der Waals surface area contributed by atoms with Gasteiger partial charge in [0, 0.05) is 30.6 Å². The summed E-state index contributed by atoms with van der Waals surface area (Å²) in [7, 11) is 0. The van der Waals surface area contributed by atoms with Crippen LogP contribution in [0.5, 0.6) is 0 Å². The summed E-state index contributed by atoms with van der Waals surface area (Å²) in [5, 5.41) is 19.2. The van der Waals surface area contributed by atoms with Crippen molar-refractivity contribution in [3.63, 3.8) is 0 Å². The quantitative estimate of drug-likeness (QED) is 0.742. The second-order valence-electron chi connectivity index (χ2n) is 11.0. The molecule has 5 heteroatoms. The van der Waals surface area contributed by atoms with Crippen molar-refractivity contribution in [2.24, 2.45) is 46.3 Å². The Morgan fingerprint density at radius 3 is 2.55 bits per heavy atom. The highest BCUT2D eigenvalue weighted by Gasteiger charge is 2.66. The summed E-state index contributed by atoms with van der Waals surface area (Å²) < 4.78 is 0. The Kier molecular flexibility index (Phi) is 5.20. The van der Waals surface area contributed by atoms with E-state index in [9.17, 15) is 19.5 Å². The Hall–Kier alpha value is -1.23. The third-order valence-electron chi connectivity index (χ3n) is 9.87. The summed E-state index contributed by atoms with van der Waals surface area (Å²) in [4.78, 5) is 38.0. The predicted molar refractivity (Wildman–Crippen MR) is 108 cm³/mol. The van der Waals surface area contributed by atoms with Crippen molar-refractivity contribution in [2.75, 3.05) is 0 Å². The molecule has 29 heavy (non-hydrogen) atoms. The number of rotatable bonds is 4. The van der Waals surface area contributed by atoms with Crippen LogP contribution in [0.3, 0.4) is 0 Å². The maximum Gasteiger partial charge on any atom is 0.303 e. The zero-order chi connectivity index (χ0) is 21.1. The van der Waals surface area contributed by atoms with Crippen LogP contribution in [0, 0.1) is 46.3 Å². The molecular formula is C24H36O5. The molecule has 0 aromatic heterocycles. The Morgan fingerprint density at radius 2 is 1.86 bits per heavy atom. The molecular weight excluding hydrogens is 368 g/mol. The molecule has 0 aromatic carbocycles. The summed E-state index contributed by atoms with van der Waals surface area (Å²) in [6, 6.07) is 0. The van der Waals surface area contributed by atoms with Crippen LogP contribution in [0.15, 0.2) is 0 Å². The normalized spacial score (nSPS) is 47.9. The zero-order valence-corrected chi connectivity index (χ0v) is 18.0. The van der Waals surface area contributed by atoms with Gasteiger partial charge in [-0.1, -0.05) is 20.8 Å². The second-order valence-corrected chi connectivity index (χ2v) is 11.0. The highest BCUT2D eigenvalue weighted by Crippen LogP contribution is 2.66. The van der Waals surface area contributed by atoms with E-state index >= 15 is 0 Å². The molecule has 5 nitrogen and oxygen atoms in total. The van der Waals surface area contributed by atoms with Crippen LogP contribution in [0.25, 0.3) is 0 Å². The van der Waals surface area contributed by atoms with Gasteiger partial charge in [-0.25, -0.2) is 0 Å². The van der Waals surface area contributed by atoms with Crippen LogP contribution in [-0.4, -0.2) is 33.9 Å². The molecule has 162 valence electrons. The number of carboxylic acid groups (broad SMARTS) is 1. The predicted octanol–water partition coefficient (Wildman–Crippen LogP) is 3.87. The molecule has 2 N–H and O–H groups in total. The Morgan fingerprint density at radius 1 is 1.14 bits per heavy atom. The van der Waals surface area contributed by atoms with Crippen LogP contribution >= 0.6 is 0 Å². The Bertz CT molecular complexity index is 716. The molecule has 4 aliphatic rings. The van der Waals surface area contributed by atoms with E-state index < -0.39 is 11.4 Å². The number of fused-ring (bicyclic) bond motifs is 5. The summed E-state index contributed by atoms with van der Waals surface area (Å²) >= 11 is 0. The molecule has 4 rings (SSSR count).